The molecule has 0 amide bonds. The molecule has 4 nitrogen and oxygen atoms in total. The summed E-state index contributed by atoms with van der Waals surface area (Å²) in [5.41, 5.74) is -0.373. The van der Waals surface area contributed by atoms with Gasteiger partial charge >= 0.3 is 5.97 Å². The highest BCUT2D eigenvalue weighted by atomic mass is 19.2. The van der Waals surface area contributed by atoms with Gasteiger partial charge in [-0.1, -0.05) is 6.07 Å². The van der Waals surface area contributed by atoms with E-state index < -0.39 is 17.6 Å². The van der Waals surface area contributed by atoms with Gasteiger partial charge in [-0.3, -0.25) is 4.68 Å². The number of nitrogens with zero attached hydrogens (tertiary/aromatic N) is 2. The SMILES string of the molecule is CCn1cc(C(=O)O)c(-c2cccc(F)c2F)n1. The van der Waals surface area contributed by atoms with E-state index in [0.29, 0.717) is 6.54 Å². The first-order chi connectivity index (χ1) is 8.54. The van der Waals surface area contributed by atoms with Gasteiger partial charge in [0.05, 0.1) is 0 Å². The zero-order valence-corrected chi connectivity index (χ0v) is 9.52. The summed E-state index contributed by atoms with van der Waals surface area (Å²) < 4.78 is 28.1. The molecule has 0 saturated heterocycles. The van der Waals surface area contributed by atoms with Crippen molar-refractivity contribution < 1.29 is 18.7 Å². The summed E-state index contributed by atoms with van der Waals surface area (Å²) >= 11 is 0. The molecular formula is C12H10F2N2O2. The third kappa shape index (κ3) is 1.97. The van der Waals surface area contributed by atoms with E-state index in [4.69, 9.17) is 5.11 Å². The van der Waals surface area contributed by atoms with Crippen LogP contribution in [0, 0.1) is 11.6 Å². The molecule has 2 aromatic rings. The number of carboxylic acids is 1. The van der Waals surface area contributed by atoms with Crippen molar-refractivity contribution >= 4 is 5.97 Å². The van der Waals surface area contributed by atoms with E-state index in [2.05, 4.69) is 5.10 Å². The zero-order valence-electron chi connectivity index (χ0n) is 9.52. The Balaban J connectivity index is 2.66. The van der Waals surface area contributed by atoms with Crippen molar-refractivity contribution in [1.82, 2.24) is 9.78 Å². The van der Waals surface area contributed by atoms with E-state index in [9.17, 15) is 13.6 Å². The summed E-state index contributed by atoms with van der Waals surface area (Å²) in [7, 11) is 0. The van der Waals surface area contributed by atoms with Gasteiger partial charge in [0.2, 0.25) is 0 Å². The first kappa shape index (κ1) is 12.2. The minimum atomic E-state index is -1.23. The molecule has 18 heavy (non-hydrogen) atoms. The molecule has 2 rings (SSSR count). The standard InChI is InChI=1S/C12H10F2N2O2/c1-2-16-6-8(12(17)18)11(15-16)7-4-3-5-9(13)10(7)14/h3-6H,2H2,1H3,(H,17,18). The molecule has 0 aliphatic carbocycles. The Labute approximate surface area is 101 Å². The smallest absolute Gasteiger partial charge is 0.339 e. The van der Waals surface area contributed by atoms with Crippen molar-refractivity contribution in [2.24, 2.45) is 0 Å². The summed E-state index contributed by atoms with van der Waals surface area (Å²) in [5.74, 6) is -3.36. The fraction of sp³-hybridized carbons (Fsp3) is 0.167. The summed E-state index contributed by atoms with van der Waals surface area (Å²) in [4.78, 5) is 11.1. The minimum Gasteiger partial charge on any atom is -0.478 e. The van der Waals surface area contributed by atoms with Gasteiger partial charge in [-0.25, -0.2) is 13.6 Å². The average molecular weight is 252 g/mol. The largest absolute Gasteiger partial charge is 0.478 e. The molecule has 1 heterocycles. The fourth-order valence-electron chi connectivity index (χ4n) is 1.63. The minimum absolute atomic E-state index is 0.0682. The molecule has 0 atom stereocenters. The topological polar surface area (TPSA) is 55.1 Å². The number of carbonyl (C=O) groups is 1. The van der Waals surface area contributed by atoms with Crippen LogP contribution in [0.15, 0.2) is 24.4 Å². The maximum Gasteiger partial charge on any atom is 0.339 e. The number of carboxylic acid groups (broad SMARTS) is 1. The lowest BCUT2D eigenvalue weighted by Crippen LogP contribution is -1.99. The van der Waals surface area contributed by atoms with Crippen molar-refractivity contribution in [3.63, 3.8) is 0 Å². The summed E-state index contributed by atoms with van der Waals surface area (Å²) in [5, 5.41) is 13.0. The first-order valence-electron chi connectivity index (χ1n) is 5.29. The predicted molar refractivity (Wildman–Crippen MR) is 60.2 cm³/mol. The highest BCUT2D eigenvalue weighted by Crippen LogP contribution is 2.26. The molecule has 6 heteroatoms. The average Bonchev–Trinajstić information content (AvgIpc) is 2.77. The maximum absolute atomic E-state index is 13.6. The number of aromatic carboxylic acids is 1. The molecule has 0 radical (unpaired) electrons. The van der Waals surface area contributed by atoms with E-state index in [1.54, 1.807) is 6.92 Å². The highest BCUT2D eigenvalue weighted by molar-refractivity contribution is 5.94. The van der Waals surface area contributed by atoms with Crippen molar-refractivity contribution in [1.29, 1.82) is 0 Å². The molecule has 0 saturated carbocycles. The van der Waals surface area contributed by atoms with Gasteiger partial charge in [0, 0.05) is 18.3 Å². The number of aryl methyl sites for hydroxylation is 1. The van der Waals surface area contributed by atoms with E-state index in [0.717, 1.165) is 6.07 Å². The molecule has 94 valence electrons. The van der Waals surface area contributed by atoms with Crippen LogP contribution in [0.4, 0.5) is 8.78 Å². The molecule has 1 aromatic heterocycles. The summed E-state index contributed by atoms with van der Waals surface area (Å²) in [6, 6.07) is 3.58. The Morgan fingerprint density at radius 3 is 2.78 bits per heavy atom. The van der Waals surface area contributed by atoms with E-state index >= 15 is 0 Å². The van der Waals surface area contributed by atoms with Crippen LogP contribution in [-0.2, 0) is 6.54 Å². The van der Waals surface area contributed by atoms with Gasteiger partial charge in [0.15, 0.2) is 11.6 Å². The maximum atomic E-state index is 13.6. The van der Waals surface area contributed by atoms with Crippen LogP contribution in [-0.4, -0.2) is 20.9 Å². The van der Waals surface area contributed by atoms with Crippen LogP contribution in [0.25, 0.3) is 11.3 Å². The van der Waals surface area contributed by atoms with Gasteiger partial charge in [-0.05, 0) is 19.1 Å². The third-order valence-electron chi connectivity index (χ3n) is 2.52. The number of rotatable bonds is 3. The van der Waals surface area contributed by atoms with Gasteiger partial charge in [0.1, 0.15) is 11.3 Å². The number of hydrogen-bond donors (Lipinski definition) is 1. The first-order valence-corrected chi connectivity index (χ1v) is 5.29. The van der Waals surface area contributed by atoms with E-state index in [1.165, 1.54) is 23.0 Å². The van der Waals surface area contributed by atoms with E-state index in [1.807, 2.05) is 0 Å². The second-order valence-corrected chi connectivity index (χ2v) is 3.65. The third-order valence-corrected chi connectivity index (χ3v) is 2.52. The Morgan fingerprint density at radius 2 is 2.17 bits per heavy atom. The molecular weight excluding hydrogens is 242 g/mol. The molecule has 0 aliphatic rings. The number of halogens is 2. The summed E-state index contributed by atoms with van der Waals surface area (Å²) in [6.45, 7) is 2.21. The lowest BCUT2D eigenvalue weighted by atomic mass is 10.1. The Morgan fingerprint density at radius 1 is 1.44 bits per heavy atom. The van der Waals surface area contributed by atoms with Crippen molar-refractivity contribution in [2.75, 3.05) is 0 Å². The Kier molecular flexibility index (Phi) is 3.10. The monoisotopic (exact) mass is 252 g/mol. The second-order valence-electron chi connectivity index (χ2n) is 3.65. The molecule has 1 aromatic carbocycles. The molecule has 0 bridgehead atoms. The normalized spacial score (nSPS) is 10.6. The van der Waals surface area contributed by atoms with Gasteiger partial charge in [-0.2, -0.15) is 5.10 Å². The van der Waals surface area contributed by atoms with Crippen LogP contribution < -0.4 is 0 Å². The molecule has 0 unspecified atom stereocenters. The predicted octanol–water partition coefficient (Wildman–Crippen LogP) is 2.55. The van der Waals surface area contributed by atoms with Gasteiger partial charge < -0.3 is 5.11 Å². The highest BCUT2D eigenvalue weighted by Gasteiger charge is 2.20. The van der Waals surface area contributed by atoms with E-state index in [-0.39, 0.29) is 16.8 Å². The lowest BCUT2D eigenvalue weighted by Gasteiger charge is -2.01. The zero-order chi connectivity index (χ0) is 13.3. The molecule has 0 aliphatic heterocycles. The van der Waals surface area contributed by atoms with Crippen molar-refractivity contribution in [3.05, 3.63) is 41.6 Å². The van der Waals surface area contributed by atoms with Crippen LogP contribution in [0.2, 0.25) is 0 Å². The quantitative estimate of drug-likeness (QED) is 0.913. The molecule has 1 N–H and O–H groups in total. The van der Waals surface area contributed by atoms with Gasteiger partial charge in [-0.15, -0.1) is 0 Å². The number of hydrogen-bond acceptors (Lipinski definition) is 2. The van der Waals surface area contributed by atoms with Crippen molar-refractivity contribution in [3.8, 4) is 11.3 Å². The number of benzene rings is 1. The second kappa shape index (κ2) is 4.56. The molecule has 0 spiro atoms. The van der Waals surface area contributed by atoms with Crippen LogP contribution in [0.5, 0.6) is 0 Å². The van der Waals surface area contributed by atoms with Crippen molar-refractivity contribution in [2.45, 2.75) is 13.5 Å². The summed E-state index contributed by atoms with van der Waals surface area (Å²) in [6.07, 6.45) is 1.29. The Bertz CT molecular complexity index is 608. The van der Waals surface area contributed by atoms with Crippen LogP contribution in [0.3, 0.4) is 0 Å². The number of aromatic nitrogens is 2. The molecule has 0 fully saturated rings. The Hall–Kier alpha value is -2.24. The lowest BCUT2D eigenvalue weighted by molar-refractivity contribution is 0.0697. The van der Waals surface area contributed by atoms with Gasteiger partial charge in [0.25, 0.3) is 0 Å². The fourth-order valence-corrected chi connectivity index (χ4v) is 1.63. The van der Waals surface area contributed by atoms with Crippen LogP contribution >= 0.6 is 0 Å². The van der Waals surface area contributed by atoms with Crippen LogP contribution in [0.1, 0.15) is 17.3 Å².